The van der Waals surface area contributed by atoms with Crippen LogP contribution in [0.2, 0.25) is 0 Å². The Hall–Kier alpha value is -1.65. The molecule has 2 aromatic heterocycles. The summed E-state index contributed by atoms with van der Waals surface area (Å²) < 4.78 is 2.25. The molecule has 2 aromatic rings. The first-order valence-corrected chi connectivity index (χ1v) is 6.29. The van der Waals surface area contributed by atoms with Crippen LogP contribution >= 0.6 is 0 Å². The van der Waals surface area contributed by atoms with E-state index in [0.717, 1.165) is 36.1 Å². The molecular weight excluding hydrogens is 214 g/mol. The maximum absolute atomic E-state index is 4.31. The molecule has 17 heavy (non-hydrogen) atoms. The van der Waals surface area contributed by atoms with Gasteiger partial charge < -0.3 is 4.57 Å². The number of nitrogens with zero attached hydrogens (tertiary/aromatic N) is 4. The smallest absolute Gasteiger partial charge is 0.167 e. The van der Waals surface area contributed by atoms with Gasteiger partial charge in [-0.25, -0.2) is 0 Å². The fourth-order valence-corrected chi connectivity index (χ4v) is 2.54. The van der Waals surface area contributed by atoms with E-state index in [9.17, 15) is 0 Å². The van der Waals surface area contributed by atoms with Crippen LogP contribution in [0.15, 0.2) is 12.4 Å². The highest BCUT2D eigenvalue weighted by Gasteiger charge is 2.20. The van der Waals surface area contributed by atoms with Crippen molar-refractivity contribution in [3.05, 3.63) is 18.2 Å². The second-order valence-electron chi connectivity index (χ2n) is 4.68. The van der Waals surface area contributed by atoms with Crippen LogP contribution in [0.1, 0.15) is 32.0 Å². The molecule has 1 unspecified atom stereocenters. The molecule has 1 N–H and O–H groups in total. The third kappa shape index (κ3) is 1.85. The lowest BCUT2D eigenvalue weighted by molar-refractivity contribution is 0.433. The molecule has 0 bridgehead atoms. The first kappa shape index (κ1) is 10.5. The number of H-pyrrole nitrogens is 1. The number of rotatable bonds is 2. The van der Waals surface area contributed by atoms with E-state index in [1.165, 1.54) is 19.3 Å². The highest BCUT2D eigenvalue weighted by molar-refractivity contribution is 5.52. The minimum atomic E-state index is 0.828. The van der Waals surface area contributed by atoms with Crippen molar-refractivity contribution in [3.63, 3.8) is 0 Å². The minimum absolute atomic E-state index is 0.828. The van der Waals surface area contributed by atoms with Gasteiger partial charge in [0.15, 0.2) is 5.82 Å². The Morgan fingerprint density at radius 3 is 3.12 bits per heavy atom. The molecule has 0 aliphatic carbocycles. The van der Waals surface area contributed by atoms with Gasteiger partial charge in [0.25, 0.3) is 0 Å². The largest absolute Gasteiger partial charge is 0.311 e. The molecule has 5 nitrogen and oxygen atoms in total. The van der Waals surface area contributed by atoms with E-state index in [2.05, 4.69) is 31.9 Å². The Balaban J connectivity index is 1.93. The number of hydrogen-bond acceptors (Lipinski definition) is 3. The Bertz CT molecular complexity index is 485. The summed E-state index contributed by atoms with van der Waals surface area (Å²) in [6.07, 6.45) is 8.45. The van der Waals surface area contributed by atoms with Crippen LogP contribution in [0, 0.1) is 5.92 Å². The summed E-state index contributed by atoms with van der Waals surface area (Å²) in [5.74, 6) is 2.90. The second kappa shape index (κ2) is 4.31. The lowest BCUT2D eigenvalue weighted by Crippen LogP contribution is -2.04. The fourth-order valence-electron chi connectivity index (χ4n) is 2.54. The zero-order chi connectivity index (χ0) is 11.7. The van der Waals surface area contributed by atoms with Crippen molar-refractivity contribution in [2.45, 2.75) is 39.2 Å². The van der Waals surface area contributed by atoms with Crippen LogP contribution in [0.5, 0.6) is 0 Å². The number of aromatic nitrogens is 5. The quantitative estimate of drug-likeness (QED) is 0.860. The summed E-state index contributed by atoms with van der Waals surface area (Å²) >= 11 is 0. The van der Waals surface area contributed by atoms with E-state index in [1.807, 2.05) is 6.20 Å². The summed E-state index contributed by atoms with van der Waals surface area (Å²) in [6, 6.07) is 0. The maximum Gasteiger partial charge on any atom is 0.167 e. The SMILES string of the molecule is CCC1CCc2nnc(-c3cn[nH]c3)n2CC1. The molecule has 0 radical (unpaired) electrons. The number of aryl methyl sites for hydroxylation is 1. The molecule has 0 fully saturated rings. The minimum Gasteiger partial charge on any atom is -0.311 e. The second-order valence-corrected chi connectivity index (χ2v) is 4.68. The average molecular weight is 231 g/mol. The lowest BCUT2D eigenvalue weighted by Gasteiger charge is -2.10. The zero-order valence-electron chi connectivity index (χ0n) is 10.1. The van der Waals surface area contributed by atoms with Crippen molar-refractivity contribution in [1.29, 1.82) is 0 Å². The first-order valence-electron chi connectivity index (χ1n) is 6.29. The van der Waals surface area contributed by atoms with Crippen LogP contribution in [-0.2, 0) is 13.0 Å². The molecule has 0 aromatic carbocycles. The first-order chi connectivity index (χ1) is 8.38. The zero-order valence-corrected chi connectivity index (χ0v) is 10.1. The summed E-state index contributed by atoms with van der Waals surface area (Å²) in [5.41, 5.74) is 1.03. The number of aromatic amines is 1. The molecular formula is C12H17N5. The van der Waals surface area contributed by atoms with Crippen LogP contribution in [0.25, 0.3) is 11.4 Å². The number of hydrogen-bond donors (Lipinski definition) is 1. The van der Waals surface area contributed by atoms with Gasteiger partial charge in [0, 0.05) is 19.2 Å². The van der Waals surface area contributed by atoms with Crippen molar-refractivity contribution in [2.75, 3.05) is 0 Å². The van der Waals surface area contributed by atoms with E-state index in [-0.39, 0.29) is 0 Å². The number of fused-ring (bicyclic) bond motifs is 1. The normalized spacial score (nSPS) is 19.9. The van der Waals surface area contributed by atoms with E-state index in [4.69, 9.17) is 0 Å². The highest BCUT2D eigenvalue weighted by atomic mass is 15.3. The summed E-state index contributed by atoms with van der Waals surface area (Å²) in [4.78, 5) is 0. The molecule has 1 aliphatic rings. The van der Waals surface area contributed by atoms with Crippen molar-refractivity contribution in [2.24, 2.45) is 5.92 Å². The molecule has 0 spiro atoms. The predicted molar refractivity (Wildman–Crippen MR) is 64.3 cm³/mol. The Morgan fingerprint density at radius 1 is 1.41 bits per heavy atom. The van der Waals surface area contributed by atoms with E-state index in [0.29, 0.717) is 0 Å². The van der Waals surface area contributed by atoms with E-state index < -0.39 is 0 Å². The monoisotopic (exact) mass is 231 g/mol. The van der Waals surface area contributed by atoms with Crippen LogP contribution in [-0.4, -0.2) is 25.0 Å². The predicted octanol–water partition coefficient (Wildman–Crippen LogP) is 2.03. The number of nitrogens with one attached hydrogen (secondary N) is 1. The standard InChI is InChI=1S/C12H17N5/c1-2-9-3-4-11-15-16-12(17(11)6-5-9)10-7-13-14-8-10/h7-9H,2-6H2,1H3,(H,13,14). The van der Waals surface area contributed by atoms with Gasteiger partial charge in [-0.3, -0.25) is 5.10 Å². The average Bonchev–Trinajstić information content (AvgIpc) is 2.95. The van der Waals surface area contributed by atoms with Crippen molar-refractivity contribution in [1.82, 2.24) is 25.0 Å². The Labute approximate surface area is 100 Å². The molecule has 3 heterocycles. The Kier molecular flexibility index (Phi) is 2.66. The molecule has 0 saturated carbocycles. The molecule has 5 heteroatoms. The third-order valence-corrected chi connectivity index (χ3v) is 3.70. The van der Waals surface area contributed by atoms with Gasteiger partial charge in [0.2, 0.25) is 0 Å². The summed E-state index contributed by atoms with van der Waals surface area (Å²) in [5, 5.41) is 15.4. The van der Waals surface area contributed by atoms with E-state index >= 15 is 0 Å². The van der Waals surface area contributed by atoms with Crippen LogP contribution < -0.4 is 0 Å². The third-order valence-electron chi connectivity index (χ3n) is 3.70. The van der Waals surface area contributed by atoms with Crippen molar-refractivity contribution in [3.8, 4) is 11.4 Å². The molecule has 1 atom stereocenters. The molecule has 0 saturated heterocycles. The molecule has 0 amide bonds. The van der Waals surface area contributed by atoms with Gasteiger partial charge >= 0.3 is 0 Å². The molecule has 1 aliphatic heterocycles. The van der Waals surface area contributed by atoms with Gasteiger partial charge in [-0.15, -0.1) is 10.2 Å². The topological polar surface area (TPSA) is 59.4 Å². The van der Waals surface area contributed by atoms with Gasteiger partial charge in [0.05, 0.1) is 11.8 Å². The lowest BCUT2D eigenvalue weighted by atomic mass is 9.98. The van der Waals surface area contributed by atoms with Crippen LogP contribution in [0.4, 0.5) is 0 Å². The van der Waals surface area contributed by atoms with Crippen molar-refractivity contribution >= 4 is 0 Å². The highest BCUT2D eigenvalue weighted by Crippen LogP contribution is 2.25. The molecule has 90 valence electrons. The van der Waals surface area contributed by atoms with E-state index in [1.54, 1.807) is 6.20 Å². The Morgan fingerprint density at radius 2 is 2.35 bits per heavy atom. The fraction of sp³-hybridized carbons (Fsp3) is 0.583. The van der Waals surface area contributed by atoms with Crippen molar-refractivity contribution < 1.29 is 0 Å². The van der Waals surface area contributed by atoms with Crippen LogP contribution in [0.3, 0.4) is 0 Å². The summed E-state index contributed by atoms with van der Waals surface area (Å²) in [7, 11) is 0. The summed E-state index contributed by atoms with van der Waals surface area (Å²) in [6.45, 7) is 3.30. The van der Waals surface area contributed by atoms with Gasteiger partial charge in [0.1, 0.15) is 5.82 Å². The van der Waals surface area contributed by atoms with Gasteiger partial charge in [-0.2, -0.15) is 5.10 Å². The van der Waals surface area contributed by atoms with Gasteiger partial charge in [-0.1, -0.05) is 13.3 Å². The molecule has 3 rings (SSSR count). The maximum atomic E-state index is 4.31. The van der Waals surface area contributed by atoms with Gasteiger partial charge in [-0.05, 0) is 18.8 Å².